The third kappa shape index (κ3) is 5.64. The Morgan fingerprint density at radius 2 is 1.78 bits per heavy atom. The van der Waals surface area contributed by atoms with Crippen molar-refractivity contribution in [3.63, 3.8) is 0 Å². The van der Waals surface area contributed by atoms with Crippen LogP contribution in [0.15, 0.2) is 69.0 Å². The number of fused-ring (bicyclic) bond motifs is 1. The smallest absolute Gasteiger partial charge is 0.259 e. The topological polar surface area (TPSA) is 124 Å². The Hall–Kier alpha value is -2.99. The first-order valence-electron chi connectivity index (χ1n) is 11.3. The predicted molar refractivity (Wildman–Crippen MR) is 140 cm³/mol. The molecule has 0 N–H and O–H groups in total. The first-order chi connectivity index (χ1) is 17.8. The van der Waals surface area contributed by atoms with Crippen LogP contribution in [0, 0.1) is 0 Å². The lowest BCUT2D eigenvalue weighted by Gasteiger charge is -2.30. The maximum Gasteiger partial charge on any atom is 0.360 e. The van der Waals surface area contributed by atoms with Gasteiger partial charge in [0.05, 0.1) is 11.6 Å². The van der Waals surface area contributed by atoms with Crippen molar-refractivity contribution in [3.8, 4) is 0 Å². The zero-order chi connectivity index (χ0) is 26.0. The number of nitrogens with zero attached hydrogens (tertiary/aromatic N) is 7. The third-order valence-electron chi connectivity index (χ3n) is 5.95. The van der Waals surface area contributed by atoms with Crippen molar-refractivity contribution in [1.29, 1.82) is 0 Å². The Morgan fingerprint density at radius 3 is 2.54 bits per heavy atom. The number of amides is 1. The molecule has 5 rings (SSSR count). The lowest BCUT2D eigenvalue weighted by atomic mass is 10.1. The van der Waals surface area contributed by atoms with Gasteiger partial charge in [0.15, 0.2) is 6.54 Å². The highest BCUT2D eigenvalue weighted by atomic mass is 35.5. The van der Waals surface area contributed by atoms with E-state index in [0.717, 1.165) is 22.4 Å². The van der Waals surface area contributed by atoms with Gasteiger partial charge in [-0.25, -0.2) is 13.1 Å². The summed E-state index contributed by atoms with van der Waals surface area (Å²) in [5.74, 6) is -0.541. The number of thiophene rings is 1. The standard InChI is InChI=1S/C23H20Cl2N7O3S2/c24-16-3-1-15(2-4-16)23(33)28-29-26-14-19-6-8-22(36-19)37(34,35)31-11-9-18(10-12-31)32-21-13-17(25)5-7-20(21)27-30-32/h1-8,13,18H,9-12,14H2/q+1. The van der Waals surface area contributed by atoms with E-state index in [4.69, 9.17) is 23.2 Å². The highest BCUT2D eigenvalue weighted by molar-refractivity contribution is 7.91. The zero-order valence-electron chi connectivity index (χ0n) is 19.2. The fourth-order valence-corrected chi connectivity index (χ4v) is 7.23. The lowest BCUT2D eigenvalue weighted by Crippen LogP contribution is -2.38. The molecule has 0 unspecified atom stereocenters. The van der Waals surface area contributed by atoms with Gasteiger partial charge in [0.1, 0.15) is 14.8 Å². The average Bonchev–Trinajstić information content (AvgIpc) is 3.54. The van der Waals surface area contributed by atoms with Crippen molar-refractivity contribution in [1.82, 2.24) is 24.2 Å². The number of carbonyl (C=O) groups is 1. The third-order valence-corrected chi connectivity index (χ3v) is 9.87. The molecule has 37 heavy (non-hydrogen) atoms. The van der Waals surface area contributed by atoms with E-state index in [2.05, 4.69) is 25.5 Å². The van der Waals surface area contributed by atoms with Gasteiger partial charge in [-0.1, -0.05) is 28.4 Å². The van der Waals surface area contributed by atoms with Crippen LogP contribution in [-0.4, -0.2) is 46.7 Å². The second kappa shape index (κ2) is 10.8. The van der Waals surface area contributed by atoms with Gasteiger partial charge in [-0.05, 0) is 67.4 Å². The summed E-state index contributed by atoms with van der Waals surface area (Å²) in [5.41, 5.74) is 1.94. The first kappa shape index (κ1) is 25.7. The predicted octanol–water partition coefficient (Wildman–Crippen LogP) is 5.14. The van der Waals surface area contributed by atoms with Crippen LogP contribution in [0.4, 0.5) is 0 Å². The van der Waals surface area contributed by atoms with E-state index < -0.39 is 15.9 Å². The Balaban J connectivity index is 1.20. The van der Waals surface area contributed by atoms with Crippen LogP contribution in [0.2, 0.25) is 10.0 Å². The van der Waals surface area contributed by atoms with E-state index in [-0.39, 0.29) is 16.8 Å². The molecule has 0 aliphatic carbocycles. The second-order valence-corrected chi connectivity index (χ2v) is 12.5. The van der Waals surface area contributed by atoms with E-state index in [9.17, 15) is 13.2 Å². The number of hydrogen-bond acceptors (Lipinski definition) is 7. The van der Waals surface area contributed by atoms with Crippen molar-refractivity contribution in [2.75, 3.05) is 13.1 Å². The summed E-state index contributed by atoms with van der Waals surface area (Å²) in [6.45, 7) is 0.850. The van der Waals surface area contributed by atoms with Crippen molar-refractivity contribution in [3.05, 3.63) is 75.1 Å². The molecule has 2 aromatic carbocycles. The molecule has 3 heterocycles. The quantitative estimate of drug-likeness (QED) is 0.232. The SMILES string of the molecule is O=C(N=[N+]=NCc1ccc(S(=O)(=O)N2CCC(n3nnc4ccc(Cl)cc43)CC2)s1)c1ccc(Cl)cc1. The maximum atomic E-state index is 13.2. The summed E-state index contributed by atoms with van der Waals surface area (Å²) in [7, 11) is -3.64. The highest BCUT2D eigenvalue weighted by Gasteiger charge is 2.32. The normalized spacial score (nSPS) is 15.0. The van der Waals surface area contributed by atoms with Crippen LogP contribution in [0.5, 0.6) is 0 Å². The molecule has 190 valence electrons. The largest absolute Gasteiger partial charge is 0.360 e. The molecule has 0 spiro atoms. The molecular weight excluding hydrogens is 557 g/mol. The molecule has 1 fully saturated rings. The Morgan fingerprint density at radius 1 is 1.05 bits per heavy atom. The molecule has 1 aliphatic rings. The lowest BCUT2D eigenvalue weighted by molar-refractivity contribution is 0.0992. The molecular formula is C23H20Cl2N7O3S2+. The summed E-state index contributed by atoms with van der Waals surface area (Å²) in [6.07, 6.45) is 1.22. The molecule has 0 saturated carbocycles. The van der Waals surface area contributed by atoms with Crippen molar-refractivity contribution >= 4 is 61.5 Å². The summed E-state index contributed by atoms with van der Waals surface area (Å²) in [5, 5.41) is 17.0. The van der Waals surface area contributed by atoms with Gasteiger partial charge >= 0.3 is 5.91 Å². The molecule has 4 aromatic rings. The summed E-state index contributed by atoms with van der Waals surface area (Å²) >= 11 is 13.1. The minimum atomic E-state index is -3.64. The fourth-order valence-electron chi connectivity index (χ4n) is 4.04. The zero-order valence-corrected chi connectivity index (χ0v) is 22.4. The number of aromatic nitrogens is 3. The number of hydrogen-bond donors (Lipinski definition) is 0. The van der Waals surface area contributed by atoms with Crippen molar-refractivity contribution < 1.29 is 13.2 Å². The van der Waals surface area contributed by atoms with Crippen molar-refractivity contribution in [2.45, 2.75) is 29.6 Å². The monoisotopic (exact) mass is 576 g/mol. The van der Waals surface area contributed by atoms with E-state index >= 15 is 0 Å². The van der Waals surface area contributed by atoms with Crippen LogP contribution in [-0.2, 0) is 16.6 Å². The number of piperidine rings is 1. The van der Waals surface area contributed by atoms with Crippen LogP contribution in [0.25, 0.3) is 11.0 Å². The van der Waals surface area contributed by atoms with Gasteiger partial charge in [0.2, 0.25) is 10.0 Å². The molecule has 1 saturated heterocycles. The van der Waals surface area contributed by atoms with Gasteiger partial charge in [0, 0.05) is 33.6 Å². The fraction of sp³-hybridized carbons (Fsp3) is 0.261. The maximum absolute atomic E-state index is 13.2. The Kier molecular flexibility index (Phi) is 7.47. The van der Waals surface area contributed by atoms with Gasteiger partial charge < -0.3 is 0 Å². The molecule has 1 amide bonds. The minimum Gasteiger partial charge on any atom is -0.259 e. The Labute approximate surface area is 226 Å². The summed E-state index contributed by atoms with van der Waals surface area (Å²) in [4.78, 5) is 16.3. The number of benzene rings is 2. The number of sulfonamides is 1. The van der Waals surface area contributed by atoms with E-state index in [1.54, 1.807) is 42.5 Å². The molecule has 0 radical (unpaired) electrons. The summed E-state index contributed by atoms with van der Waals surface area (Å²) in [6, 6.07) is 15.0. The van der Waals surface area contributed by atoms with Crippen LogP contribution in [0.1, 0.15) is 34.1 Å². The molecule has 1 aliphatic heterocycles. The molecule has 2 aromatic heterocycles. The molecule has 0 atom stereocenters. The Bertz CT molecular complexity index is 1620. The number of rotatable bonds is 6. The van der Waals surface area contributed by atoms with Crippen LogP contribution < -0.4 is 4.91 Å². The first-order valence-corrected chi connectivity index (χ1v) is 14.3. The van der Waals surface area contributed by atoms with Gasteiger partial charge in [-0.2, -0.15) is 4.31 Å². The molecule has 10 nitrogen and oxygen atoms in total. The number of carbonyl (C=O) groups excluding carboxylic acids is 1. The van der Waals surface area contributed by atoms with Crippen LogP contribution >= 0.6 is 34.5 Å². The average molecular weight is 577 g/mol. The van der Waals surface area contributed by atoms with Crippen LogP contribution in [0.3, 0.4) is 0 Å². The van der Waals surface area contributed by atoms with Gasteiger partial charge in [-0.3, -0.25) is 4.79 Å². The second-order valence-electron chi connectivity index (χ2n) is 8.32. The molecule has 14 heteroatoms. The van der Waals surface area contributed by atoms with E-state index in [0.29, 0.717) is 46.4 Å². The summed E-state index contributed by atoms with van der Waals surface area (Å²) < 4.78 is 30.0. The number of halogens is 2. The molecule has 0 bridgehead atoms. The minimum absolute atomic E-state index is 0.0357. The van der Waals surface area contributed by atoms with Gasteiger partial charge in [0.25, 0.3) is 10.0 Å². The van der Waals surface area contributed by atoms with Crippen molar-refractivity contribution in [2.24, 2.45) is 10.2 Å². The van der Waals surface area contributed by atoms with E-state index in [1.165, 1.54) is 4.31 Å². The van der Waals surface area contributed by atoms with E-state index in [1.807, 2.05) is 16.8 Å². The van der Waals surface area contributed by atoms with Gasteiger partial charge in [-0.15, -0.1) is 16.4 Å². The highest BCUT2D eigenvalue weighted by Crippen LogP contribution is 2.31.